The number of hydrogen-bond donors (Lipinski definition) is 2. The largest absolute Gasteiger partial charge is 0.489 e. The zero-order chi connectivity index (χ0) is 26.9. The van der Waals surface area contributed by atoms with Crippen molar-refractivity contribution >= 4 is 46.9 Å². The molecule has 0 fully saturated rings. The van der Waals surface area contributed by atoms with E-state index in [4.69, 9.17) is 27.9 Å². The van der Waals surface area contributed by atoms with E-state index >= 15 is 0 Å². The zero-order valence-electron chi connectivity index (χ0n) is 20.0. The summed E-state index contributed by atoms with van der Waals surface area (Å²) in [4.78, 5) is 35.6. The number of carbonyl (C=O) groups excluding carboxylic acids is 2. The van der Waals surface area contributed by atoms with E-state index in [0.717, 1.165) is 5.56 Å². The number of nitro benzene ring substituents is 1. The molecule has 2 N–H and O–H groups in total. The van der Waals surface area contributed by atoms with E-state index in [0.29, 0.717) is 16.3 Å². The average molecular weight is 543 g/mol. The molecule has 0 aliphatic carbocycles. The molecule has 0 radical (unpaired) electrons. The van der Waals surface area contributed by atoms with Gasteiger partial charge in [-0.15, -0.1) is 0 Å². The average Bonchev–Trinajstić information content (AvgIpc) is 2.86. The van der Waals surface area contributed by atoms with Gasteiger partial charge in [0, 0.05) is 17.2 Å². The van der Waals surface area contributed by atoms with Crippen LogP contribution in [0.4, 0.5) is 5.69 Å². The summed E-state index contributed by atoms with van der Waals surface area (Å²) in [5.74, 6) is -0.586. The van der Waals surface area contributed by atoms with Crippen molar-refractivity contribution in [2.75, 3.05) is 0 Å². The first-order valence-corrected chi connectivity index (χ1v) is 11.9. The fourth-order valence-electron chi connectivity index (χ4n) is 3.20. The molecular weight excluding hydrogens is 519 g/mol. The molecular formula is C26H24Cl2N4O5. The highest BCUT2D eigenvalue weighted by atomic mass is 35.5. The second kappa shape index (κ2) is 12.8. The van der Waals surface area contributed by atoms with E-state index in [1.807, 2.05) is 0 Å². The number of rotatable bonds is 10. The van der Waals surface area contributed by atoms with E-state index in [2.05, 4.69) is 15.8 Å². The molecule has 192 valence electrons. The molecule has 11 heteroatoms. The SMILES string of the molecule is CC(C)C(NC(=O)c1ccc(Cl)cc1Cl)C(=O)NN=Cc1ccc(OCc2ccc([N+](=O)[O-])cc2)cc1. The van der Waals surface area contributed by atoms with Gasteiger partial charge in [0.05, 0.1) is 21.7 Å². The van der Waals surface area contributed by atoms with Gasteiger partial charge >= 0.3 is 0 Å². The van der Waals surface area contributed by atoms with Gasteiger partial charge in [0.2, 0.25) is 0 Å². The van der Waals surface area contributed by atoms with Crippen LogP contribution in [0.25, 0.3) is 0 Å². The molecule has 3 aromatic carbocycles. The topological polar surface area (TPSA) is 123 Å². The molecule has 3 rings (SSSR count). The maximum absolute atomic E-state index is 12.7. The van der Waals surface area contributed by atoms with Gasteiger partial charge in [-0.3, -0.25) is 19.7 Å². The minimum atomic E-state index is -0.841. The Labute approximate surface area is 223 Å². The van der Waals surface area contributed by atoms with E-state index in [1.165, 1.54) is 30.5 Å². The highest BCUT2D eigenvalue weighted by Crippen LogP contribution is 2.21. The highest BCUT2D eigenvalue weighted by Gasteiger charge is 2.25. The second-order valence-corrected chi connectivity index (χ2v) is 9.18. The Kier molecular flexibility index (Phi) is 9.59. The lowest BCUT2D eigenvalue weighted by Gasteiger charge is -2.20. The zero-order valence-corrected chi connectivity index (χ0v) is 21.5. The number of nitrogens with one attached hydrogen (secondary N) is 2. The number of hydrogen-bond acceptors (Lipinski definition) is 6. The summed E-state index contributed by atoms with van der Waals surface area (Å²) in [6.07, 6.45) is 1.47. The number of carbonyl (C=O) groups is 2. The fourth-order valence-corrected chi connectivity index (χ4v) is 3.69. The van der Waals surface area contributed by atoms with E-state index in [-0.39, 0.29) is 28.8 Å². The van der Waals surface area contributed by atoms with Crippen molar-refractivity contribution in [2.45, 2.75) is 26.5 Å². The van der Waals surface area contributed by atoms with Crippen LogP contribution in [0.3, 0.4) is 0 Å². The Morgan fingerprint density at radius 2 is 1.73 bits per heavy atom. The predicted molar refractivity (Wildman–Crippen MR) is 142 cm³/mol. The van der Waals surface area contributed by atoms with Crippen molar-refractivity contribution < 1.29 is 19.2 Å². The Hall–Kier alpha value is -3.95. The Morgan fingerprint density at radius 3 is 2.32 bits per heavy atom. The molecule has 9 nitrogen and oxygen atoms in total. The first-order valence-electron chi connectivity index (χ1n) is 11.2. The quantitative estimate of drug-likeness (QED) is 0.202. The number of amides is 2. The molecule has 0 saturated heterocycles. The van der Waals surface area contributed by atoms with Crippen LogP contribution < -0.4 is 15.5 Å². The van der Waals surface area contributed by atoms with Gasteiger partial charge in [0.1, 0.15) is 18.4 Å². The lowest BCUT2D eigenvalue weighted by atomic mass is 10.0. The van der Waals surface area contributed by atoms with Crippen molar-refractivity contribution in [1.29, 1.82) is 0 Å². The monoisotopic (exact) mass is 542 g/mol. The third-order valence-corrected chi connectivity index (χ3v) is 5.78. The third-order valence-electron chi connectivity index (χ3n) is 5.23. The predicted octanol–water partition coefficient (Wildman–Crippen LogP) is 5.39. The molecule has 0 bridgehead atoms. The number of ether oxygens (including phenoxy) is 1. The van der Waals surface area contributed by atoms with Crippen LogP contribution in [-0.2, 0) is 11.4 Å². The number of nitro groups is 1. The van der Waals surface area contributed by atoms with Crippen LogP contribution in [0.2, 0.25) is 10.0 Å². The van der Waals surface area contributed by atoms with Crippen molar-refractivity contribution in [3.05, 3.63) is 104 Å². The highest BCUT2D eigenvalue weighted by molar-refractivity contribution is 6.36. The van der Waals surface area contributed by atoms with Crippen molar-refractivity contribution in [1.82, 2.24) is 10.7 Å². The van der Waals surface area contributed by atoms with Crippen LogP contribution >= 0.6 is 23.2 Å². The van der Waals surface area contributed by atoms with Crippen molar-refractivity contribution in [2.24, 2.45) is 11.0 Å². The standard InChI is InChI=1S/C26H24Cl2N4O5/c1-16(2)24(30-25(33)22-12-7-19(27)13-23(22)28)26(34)31-29-14-17-5-10-21(11-6-17)37-15-18-3-8-20(9-4-18)32(35)36/h3-14,16,24H,15H2,1-2H3,(H,30,33)(H,31,34). The summed E-state index contributed by atoms with van der Waals surface area (Å²) >= 11 is 12.0. The minimum absolute atomic E-state index is 0.0209. The number of benzene rings is 3. The number of non-ortho nitro benzene ring substituents is 1. The van der Waals surface area contributed by atoms with Crippen LogP contribution in [0.1, 0.15) is 35.3 Å². The molecule has 1 atom stereocenters. The maximum atomic E-state index is 12.7. The Morgan fingerprint density at radius 1 is 1.05 bits per heavy atom. The van der Waals surface area contributed by atoms with Gasteiger partial charge in [-0.2, -0.15) is 5.10 Å². The van der Waals surface area contributed by atoms with E-state index in [1.54, 1.807) is 56.3 Å². The molecule has 0 aromatic heterocycles. The normalized spacial score (nSPS) is 11.8. The molecule has 0 aliphatic heterocycles. The Bertz CT molecular complexity index is 1300. The maximum Gasteiger partial charge on any atom is 0.269 e. The molecule has 1 unspecified atom stereocenters. The van der Waals surface area contributed by atoms with Gasteiger partial charge in [-0.05, 0) is 71.6 Å². The molecule has 0 aliphatic rings. The number of hydrazone groups is 1. The van der Waals surface area contributed by atoms with Crippen LogP contribution in [-0.4, -0.2) is 29.0 Å². The van der Waals surface area contributed by atoms with Gasteiger partial charge < -0.3 is 10.1 Å². The van der Waals surface area contributed by atoms with Gasteiger partial charge in [-0.25, -0.2) is 5.43 Å². The van der Waals surface area contributed by atoms with Crippen molar-refractivity contribution in [3.8, 4) is 5.75 Å². The van der Waals surface area contributed by atoms with Gasteiger partial charge in [-0.1, -0.05) is 37.0 Å². The molecule has 0 saturated carbocycles. The van der Waals surface area contributed by atoms with Gasteiger partial charge in [0.15, 0.2) is 0 Å². The lowest BCUT2D eigenvalue weighted by molar-refractivity contribution is -0.384. The van der Waals surface area contributed by atoms with Crippen LogP contribution in [0.5, 0.6) is 5.75 Å². The summed E-state index contributed by atoms with van der Waals surface area (Å²) in [6.45, 7) is 3.85. The first-order chi connectivity index (χ1) is 17.6. The fraction of sp³-hybridized carbons (Fsp3) is 0.192. The van der Waals surface area contributed by atoms with Crippen LogP contribution in [0.15, 0.2) is 71.8 Å². The number of halogens is 2. The summed E-state index contributed by atoms with van der Waals surface area (Å²) in [7, 11) is 0. The van der Waals surface area contributed by atoms with E-state index < -0.39 is 22.8 Å². The molecule has 37 heavy (non-hydrogen) atoms. The molecule has 0 spiro atoms. The lowest BCUT2D eigenvalue weighted by Crippen LogP contribution is -2.48. The number of nitrogens with zero attached hydrogens (tertiary/aromatic N) is 2. The first kappa shape index (κ1) is 27.6. The minimum Gasteiger partial charge on any atom is -0.489 e. The molecule has 3 aromatic rings. The second-order valence-electron chi connectivity index (χ2n) is 8.33. The smallest absolute Gasteiger partial charge is 0.269 e. The van der Waals surface area contributed by atoms with E-state index in [9.17, 15) is 19.7 Å². The summed E-state index contributed by atoms with van der Waals surface area (Å²) in [5.41, 5.74) is 4.19. The summed E-state index contributed by atoms with van der Waals surface area (Å²) < 4.78 is 5.70. The molecule has 0 heterocycles. The summed E-state index contributed by atoms with van der Waals surface area (Å²) in [5, 5.41) is 18.0. The molecule has 2 amide bonds. The van der Waals surface area contributed by atoms with Crippen molar-refractivity contribution in [3.63, 3.8) is 0 Å². The van der Waals surface area contributed by atoms with Crippen LogP contribution in [0, 0.1) is 16.0 Å². The third kappa shape index (κ3) is 8.03. The Balaban J connectivity index is 1.53. The summed E-state index contributed by atoms with van der Waals surface area (Å²) in [6, 6.07) is 16.8. The van der Waals surface area contributed by atoms with Gasteiger partial charge in [0.25, 0.3) is 17.5 Å².